The maximum absolute atomic E-state index is 9.36. The zero-order valence-corrected chi connectivity index (χ0v) is 7.57. The molecule has 2 rings (SSSR count). The molecule has 2 fully saturated rings. The average Bonchev–Trinajstić information content (AvgIpc) is 2.66. The Morgan fingerprint density at radius 1 is 1.67 bits per heavy atom. The molecule has 0 aromatic rings. The van der Waals surface area contributed by atoms with Crippen LogP contribution in [0.1, 0.15) is 13.3 Å². The summed E-state index contributed by atoms with van der Waals surface area (Å²) in [5.41, 5.74) is 0. The van der Waals surface area contributed by atoms with Crippen LogP contribution in [0.3, 0.4) is 0 Å². The molecular formula is C9H17NO2. The van der Waals surface area contributed by atoms with Crippen LogP contribution in [0.25, 0.3) is 0 Å². The molecular weight excluding hydrogens is 154 g/mol. The SMILES string of the molecule is CC(O)C1CCN(C[C@H]2CO2)C1. The molecule has 2 aliphatic heterocycles. The highest BCUT2D eigenvalue weighted by Crippen LogP contribution is 2.21. The first-order valence-corrected chi connectivity index (χ1v) is 4.77. The van der Waals surface area contributed by atoms with Gasteiger partial charge in [-0.15, -0.1) is 0 Å². The summed E-state index contributed by atoms with van der Waals surface area (Å²) in [6, 6.07) is 0. The number of aliphatic hydroxyl groups is 1. The van der Waals surface area contributed by atoms with Gasteiger partial charge >= 0.3 is 0 Å². The van der Waals surface area contributed by atoms with Crippen molar-refractivity contribution < 1.29 is 9.84 Å². The van der Waals surface area contributed by atoms with Gasteiger partial charge in [0.05, 0.1) is 18.8 Å². The molecule has 2 aliphatic rings. The molecule has 0 aliphatic carbocycles. The second kappa shape index (κ2) is 3.32. The quantitative estimate of drug-likeness (QED) is 0.611. The first-order chi connectivity index (χ1) is 5.75. The summed E-state index contributed by atoms with van der Waals surface area (Å²) in [4.78, 5) is 2.40. The largest absolute Gasteiger partial charge is 0.393 e. The highest BCUT2D eigenvalue weighted by molar-refractivity contribution is 4.83. The standard InChI is InChI=1S/C9H17NO2/c1-7(11)8-2-3-10(4-8)5-9-6-12-9/h7-9,11H,2-6H2,1H3/t7?,8?,9-/m0/s1. The molecule has 0 saturated carbocycles. The fourth-order valence-corrected chi connectivity index (χ4v) is 1.88. The number of rotatable bonds is 3. The first kappa shape index (κ1) is 8.48. The molecule has 0 spiro atoms. The molecule has 3 heteroatoms. The molecule has 12 heavy (non-hydrogen) atoms. The van der Waals surface area contributed by atoms with Crippen LogP contribution in [0.2, 0.25) is 0 Å². The van der Waals surface area contributed by atoms with Gasteiger partial charge in [-0.05, 0) is 25.8 Å². The summed E-state index contributed by atoms with van der Waals surface area (Å²) >= 11 is 0. The molecule has 0 amide bonds. The van der Waals surface area contributed by atoms with Crippen molar-refractivity contribution in [2.45, 2.75) is 25.6 Å². The van der Waals surface area contributed by atoms with Gasteiger partial charge in [0, 0.05) is 13.1 Å². The molecule has 2 heterocycles. The highest BCUT2D eigenvalue weighted by atomic mass is 16.6. The van der Waals surface area contributed by atoms with E-state index in [1.807, 2.05) is 6.92 Å². The van der Waals surface area contributed by atoms with Gasteiger partial charge in [-0.1, -0.05) is 0 Å². The summed E-state index contributed by atoms with van der Waals surface area (Å²) in [6.45, 7) is 6.09. The average molecular weight is 171 g/mol. The fraction of sp³-hybridized carbons (Fsp3) is 1.00. The predicted molar refractivity (Wildman–Crippen MR) is 46.0 cm³/mol. The molecule has 1 N–H and O–H groups in total. The van der Waals surface area contributed by atoms with Gasteiger partial charge in [0.2, 0.25) is 0 Å². The topological polar surface area (TPSA) is 36.0 Å². The van der Waals surface area contributed by atoms with Crippen LogP contribution in [-0.4, -0.2) is 48.5 Å². The summed E-state index contributed by atoms with van der Waals surface area (Å²) in [5.74, 6) is 0.490. The van der Waals surface area contributed by atoms with Crippen LogP contribution < -0.4 is 0 Å². The van der Waals surface area contributed by atoms with Crippen LogP contribution in [-0.2, 0) is 4.74 Å². The molecule has 3 nitrogen and oxygen atoms in total. The Morgan fingerprint density at radius 3 is 2.92 bits per heavy atom. The van der Waals surface area contributed by atoms with E-state index in [2.05, 4.69) is 4.90 Å². The highest BCUT2D eigenvalue weighted by Gasteiger charge is 2.31. The van der Waals surface area contributed by atoms with Gasteiger partial charge in [-0.25, -0.2) is 0 Å². The van der Waals surface area contributed by atoms with Crippen LogP contribution in [0.4, 0.5) is 0 Å². The predicted octanol–water partition coefficient (Wildman–Crippen LogP) is 0.0879. The third kappa shape index (κ3) is 1.97. The zero-order valence-electron chi connectivity index (χ0n) is 7.57. The van der Waals surface area contributed by atoms with E-state index < -0.39 is 0 Å². The van der Waals surface area contributed by atoms with E-state index in [0.717, 1.165) is 32.7 Å². The Hall–Kier alpha value is -0.120. The van der Waals surface area contributed by atoms with Crippen LogP contribution >= 0.6 is 0 Å². The number of epoxide rings is 1. The number of hydrogen-bond acceptors (Lipinski definition) is 3. The fourth-order valence-electron chi connectivity index (χ4n) is 1.88. The van der Waals surface area contributed by atoms with E-state index in [0.29, 0.717) is 12.0 Å². The Labute approximate surface area is 73.3 Å². The maximum atomic E-state index is 9.36. The third-order valence-electron chi connectivity index (χ3n) is 2.86. The molecule has 3 atom stereocenters. The van der Waals surface area contributed by atoms with Crippen molar-refractivity contribution in [3.8, 4) is 0 Å². The number of ether oxygens (including phenoxy) is 1. The van der Waals surface area contributed by atoms with Crippen LogP contribution in [0.15, 0.2) is 0 Å². The van der Waals surface area contributed by atoms with Gasteiger partial charge in [0.15, 0.2) is 0 Å². The molecule has 0 aromatic heterocycles. The van der Waals surface area contributed by atoms with E-state index in [1.54, 1.807) is 0 Å². The minimum atomic E-state index is -0.143. The normalized spacial score (nSPS) is 38.5. The molecule has 0 bridgehead atoms. The Bertz CT molecular complexity index is 157. The molecule has 2 unspecified atom stereocenters. The van der Waals surface area contributed by atoms with Gasteiger partial charge in [0.1, 0.15) is 0 Å². The summed E-state index contributed by atoms with van der Waals surface area (Å²) in [7, 11) is 0. The number of hydrogen-bond donors (Lipinski definition) is 1. The van der Waals surface area contributed by atoms with Gasteiger partial charge in [0.25, 0.3) is 0 Å². The van der Waals surface area contributed by atoms with Crippen molar-refractivity contribution in [3.63, 3.8) is 0 Å². The Kier molecular flexibility index (Phi) is 2.35. The zero-order chi connectivity index (χ0) is 8.55. The van der Waals surface area contributed by atoms with E-state index in [-0.39, 0.29) is 6.10 Å². The van der Waals surface area contributed by atoms with Crippen molar-refractivity contribution in [1.29, 1.82) is 0 Å². The smallest absolute Gasteiger partial charge is 0.0936 e. The van der Waals surface area contributed by atoms with E-state index in [4.69, 9.17) is 4.74 Å². The lowest BCUT2D eigenvalue weighted by Crippen LogP contribution is -2.27. The summed E-state index contributed by atoms with van der Waals surface area (Å²) in [5, 5.41) is 9.36. The molecule has 0 aromatic carbocycles. The first-order valence-electron chi connectivity index (χ1n) is 4.77. The van der Waals surface area contributed by atoms with Crippen molar-refractivity contribution in [3.05, 3.63) is 0 Å². The van der Waals surface area contributed by atoms with Crippen molar-refractivity contribution in [2.75, 3.05) is 26.2 Å². The van der Waals surface area contributed by atoms with Gasteiger partial charge < -0.3 is 14.7 Å². The molecule has 0 radical (unpaired) electrons. The maximum Gasteiger partial charge on any atom is 0.0936 e. The third-order valence-corrected chi connectivity index (χ3v) is 2.86. The Morgan fingerprint density at radius 2 is 2.42 bits per heavy atom. The summed E-state index contributed by atoms with van der Waals surface area (Å²) in [6.07, 6.45) is 1.50. The van der Waals surface area contributed by atoms with E-state index >= 15 is 0 Å². The number of likely N-dealkylation sites (tertiary alicyclic amines) is 1. The van der Waals surface area contributed by atoms with E-state index in [1.165, 1.54) is 0 Å². The van der Waals surface area contributed by atoms with E-state index in [9.17, 15) is 5.11 Å². The molecule has 2 saturated heterocycles. The monoisotopic (exact) mass is 171 g/mol. The van der Waals surface area contributed by atoms with Crippen LogP contribution in [0, 0.1) is 5.92 Å². The second-order valence-corrected chi connectivity index (χ2v) is 4.00. The number of nitrogens with zero attached hydrogens (tertiary/aromatic N) is 1. The minimum absolute atomic E-state index is 0.143. The van der Waals surface area contributed by atoms with Gasteiger partial charge in [-0.3, -0.25) is 0 Å². The van der Waals surface area contributed by atoms with Crippen molar-refractivity contribution in [1.82, 2.24) is 4.90 Å². The lowest BCUT2D eigenvalue weighted by atomic mass is 10.0. The lowest BCUT2D eigenvalue weighted by molar-refractivity contribution is 0.127. The lowest BCUT2D eigenvalue weighted by Gasteiger charge is -2.15. The summed E-state index contributed by atoms with van der Waals surface area (Å²) < 4.78 is 5.16. The minimum Gasteiger partial charge on any atom is -0.393 e. The number of aliphatic hydroxyl groups excluding tert-OH is 1. The Balaban J connectivity index is 1.73. The molecule has 70 valence electrons. The van der Waals surface area contributed by atoms with Crippen molar-refractivity contribution >= 4 is 0 Å². The van der Waals surface area contributed by atoms with Crippen molar-refractivity contribution in [2.24, 2.45) is 5.92 Å². The van der Waals surface area contributed by atoms with Gasteiger partial charge in [-0.2, -0.15) is 0 Å². The van der Waals surface area contributed by atoms with Crippen LogP contribution in [0.5, 0.6) is 0 Å². The second-order valence-electron chi connectivity index (χ2n) is 4.00.